The van der Waals surface area contributed by atoms with E-state index in [0.29, 0.717) is 43.5 Å². The van der Waals surface area contributed by atoms with E-state index in [4.69, 9.17) is 13.4 Å². The van der Waals surface area contributed by atoms with Gasteiger partial charge in [0.1, 0.15) is 11.8 Å². The highest BCUT2D eigenvalue weighted by molar-refractivity contribution is 5.92. The third-order valence-electron chi connectivity index (χ3n) is 5.09. The molecule has 0 N–H and O–H groups in total. The standard InChI is InChI=1S/C22H17N5O4/c23-14-17-22(30-20(24-17)18-7-4-12-29-18)27-10-8-26(9-11-27)21(28)19-13-16(25-31-19)15-5-2-1-3-6-15/h1-7,12-13H,8-11H2. The number of piperazine rings is 1. The molecule has 1 aliphatic rings. The van der Waals surface area contributed by atoms with Crippen LogP contribution in [0.3, 0.4) is 0 Å². The summed E-state index contributed by atoms with van der Waals surface area (Å²) in [5.74, 6) is 1.07. The maximum Gasteiger partial charge on any atom is 0.292 e. The number of benzene rings is 1. The van der Waals surface area contributed by atoms with E-state index in [-0.39, 0.29) is 23.3 Å². The van der Waals surface area contributed by atoms with Crippen LogP contribution in [-0.4, -0.2) is 47.1 Å². The fourth-order valence-corrected chi connectivity index (χ4v) is 3.49. The number of nitrogens with zero attached hydrogens (tertiary/aromatic N) is 5. The van der Waals surface area contributed by atoms with Crippen LogP contribution in [0.15, 0.2) is 68.2 Å². The van der Waals surface area contributed by atoms with Gasteiger partial charge in [-0.15, -0.1) is 0 Å². The number of amides is 1. The summed E-state index contributed by atoms with van der Waals surface area (Å²) in [6.07, 6.45) is 1.52. The monoisotopic (exact) mass is 415 g/mol. The summed E-state index contributed by atoms with van der Waals surface area (Å²) in [7, 11) is 0. The zero-order valence-electron chi connectivity index (χ0n) is 16.4. The molecule has 1 fully saturated rings. The van der Waals surface area contributed by atoms with Gasteiger partial charge in [0.25, 0.3) is 11.8 Å². The number of hydrogen-bond acceptors (Lipinski definition) is 8. The quantitative estimate of drug-likeness (QED) is 0.498. The predicted octanol–water partition coefficient (Wildman–Crippen LogP) is 3.42. The van der Waals surface area contributed by atoms with Crippen molar-refractivity contribution in [1.82, 2.24) is 15.0 Å². The van der Waals surface area contributed by atoms with Gasteiger partial charge in [-0.2, -0.15) is 10.2 Å². The topological polar surface area (TPSA) is 113 Å². The van der Waals surface area contributed by atoms with E-state index >= 15 is 0 Å². The van der Waals surface area contributed by atoms with Crippen LogP contribution in [0.5, 0.6) is 0 Å². The summed E-state index contributed by atoms with van der Waals surface area (Å²) in [4.78, 5) is 20.7. The Bertz CT molecular complexity index is 1230. The molecule has 0 bridgehead atoms. The first-order valence-corrected chi connectivity index (χ1v) is 9.74. The predicted molar refractivity (Wildman–Crippen MR) is 109 cm³/mol. The van der Waals surface area contributed by atoms with Crippen LogP contribution in [0.2, 0.25) is 0 Å². The van der Waals surface area contributed by atoms with E-state index in [9.17, 15) is 10.1 Å². The van der Waals surface area contributed by atoms with Crippen LogP contribution in [0.1, 0.15) is 16.2 Å². The lowest BCUT2D eigenvalue weighted by Crippen LogP contribution is -2.48. The second-order valence-electron chi connectivity index (χ2n) is 6.98. The molecule has 1 amide bonds. The summed E-state index contributed by atoms with van der Waals surface area (Å²) in [6.45, 7) is 1.88. The molecule has 0 aliphatic carbocycles. The SMILES string of the molecule is N#Cc1nc(-c2ccco2)oc1N1CCN(C(=O)c2cc(-c3ccccc3)no2)CC1. The van der Waals surface area contributed by atoms with Gasteiger partial charge in [-0.1, -0.05) is 35.5 Å². The van der Waals surface area contributed by atoms with Crippen molar-refractivity contribution in [3.63, 3.8) is 0 Å². The van der Waals surface area contributed by atoms with Crippen molar-refractivity contribution < 1.29 is 18.2 Å². The van der Waals surface area contributed by atoms with E-state index in [1.807, 2.05) is 35.2 Å². The maximum absolute atomic E-state index is 12.8. The van der Waals surface area contributed by atoms with E-state index in [0.717, 1.165) is 5.56 Å². The number of nitriles is 1. The molecular formula is C22H17N5O4. The van der Waals surface area contributed by atoms with Crippen molar-refractivity contribution in [2.45, 2.75) is 0 Å². The average Bonchev–Trinajstić information content (AvgIpc) is 3.59. The molecule has 9 heteroatoms. The Morgan fingerprint density at radius 2 is 1.87 bits per heavy atom. The van der Waals surface area contributed by atoms with Crippen LogP contribution < -0.4 is 4.90 Å². The van der Waals surface area contributed by atoms with Crippen molar-refractivity contribution in [3.05, 3.63) is 66.2 Å². The van der Waals surface area contributed by atoms with E-state index in [2.05, 4.69) is 16.2 Å². The smallest absolute Gasteiger partial charge is 0.292 e. The Kier molecular flexibility index (Phi) is 4.72. The Morgan fingerprint density at radius 3 is 2.58 bits per heavy atom. The molecule has 3 aromatic heterocycles. The van der Waals surface area contributed by atoms with Crippen molar-refractivity contribution in [2.75, 3.05) is 31.1 Å². The van der Waals surface area contributed by atoms with Crippen LogP contribution >= 0.6 is 0 Å². The lowest BCUT2D eigenvalue weighted by molar-refractivity contribution is 0.0703. The highest BCUT2D eigenvalue weighted by Gasteiger charge is 2.29. The Hall–Kier alpha value is -4.32. The van der Waals surface area contributed by atoms with E-state index in [1.165, 1.54) is 6.26 Å². The molecule has 1 aromatic carbocycles. The largest absolute Gasteiger partial charge is 0.459 e. The highest BCUT2D eigenvalue weighted by atomic mass is 16.5. The zero-order chi connectivity index (χ0) is 21.2. The number of anilines is 1. The van der Waals surface area contributed by atoms with Gasteiger partial charge in [0.05, 0.1) is 6.26 Å². The average molecular weight is 415 g/mol. The minimum absolute atomic E-state index is 0.189. The molecule has 0 saturated carbocycles. The van der Waals surface area contributed by atoms with Crippen LogP contribution in [-0.2, 0) is 0 Å². The number of hydrogen-bond donors (Lipinski definition) is 0. The fraction of sp³-hybridized carbons (Fsp3) is 0.182. The van der Waals surface area contributed by atoms with Crippen LogP contribution in [0, 0.1) is 11.3 Å². The second-order valence-corrected chi connectivity index (χ2v) is 6.98. The molecule has 0 unspecified atom stereocenters. The first-order chi connectivity index (χ1) is 15.2. The van der Waals surface area contributed by atoms with Crippen LogP contribution in [0.4, 0.5) is 5.88 Å². The minimum atomic E-state index is -0.219. The summed E-state index contributed by atoms with van der Waals surface area (Å²) >= 11 is 0. The van der Waals surface area contributed by atoms with Gasteiger partial charge >= 0.3 is 0 Å². The molecule has 9 nitrogen and oxygen atoms in total. The summed E-state index contributed by atoms with van der Waals surface area (Å²) in [5.41, 5.74) is 1.69. The minimum Gasteiger partial charge on any atom is -0.459 e. The molecule has 31 heavy (non-hydrogen) atoms. The first kappa shape index (κ1) is 18.7. The maximum atomic E-state index is 12.8. The summed E-state index contributed by atoms with van der Waals surface area (Å²) in [5, 5.41) is 13.4. The number of aromatic nitrogens is 2. The van der Waals surface area contributed by atoms with Crippen molar-refractivity contribution >= 4 is 11.8 Å². The number of oxazole rings is 1. The van der Waals surface area contributed by atoms with E-state index in [1.54, 1.807) is 23.1 Å². The van der Waals surface area contributed by atoms with Crippen molar-refractivity contribution in [2.24, 2.45) is 0 Å². The molecule has 0 atom stereocenters. The number of rotatable bonds is 4. The number of furan rings is 1. The third kappa shape index (κ3) is 3.55. The molecule has 4 aromatic rings. The number of carbonyl (C=O) groups is 1. The van der Waals surface area contributed by atoms with Gasteiger partial charge in [-0.3, -0.25) is 4.79 Å². The van der Waals surface area contributed by atoms with Gasteiger partial charge in [0.2, 0.25) is 17.3 Å². The van der Waals surface area contributed by atoms with Crippen molar-refractivity contribution in [3.8, 4) is 29.0 Å². The van der Waals surface area contributed by atoms with Gasteiger partial charge in [0, 0.05) is 37.8 Å². The van der Waals surface area contributed by atoms with Crippen molar-refractivity contribution in [1.29, 1.82) is 5.26 Å². The Labute approximate surface area is 177 Å². The van der Waals surface area contributed by atoms with Crippen LogP contribution in [0.25, 0.3) is 22.9 Å². The molecular weight excluding hydrogens is 398 g/mol. The van der Waals surface area contributed by atoms with Gasteiger partial charge in [-0.05, 0) is 12.1 Å². The third-order valence-corrected chi connectivity index (χ3v) is 5.09. The fourth-order valence-electron chi connectivity index (χ4n) is 3.49. The molecule has 0 spiro atoms. The lowest BCUT2D eigenvalue weighted by atomic mass is 10.1. The first-order valence-electron chi connectivity index (χ1n) is 9.74. The molecule has 5 rings (SSSR count). The van der Waals surface area contributed by atoms with Gasteiger partial charge < -0.3 is 23.2 Å². The molecule has 0 radical (unpaired) electrons. The molecule has 1 aliphatic heterocycles. The van der Waals surface area contributed by atoms with Gasteiger partial charge in [0.15, 0.2) is 5.76 Å². The van der Waals surface area contributed by atoms with E-state index < -0.39 is 0 Å². The normalized spacial score (nSPS) is 13.9. The highest BCUT2D eigenvalue weighted by Crippen LogP contribution is 2.29. The lowest BCUT2D eigenvalue weighted by Gasteiger charge is -2.33. The Balaban J connectivity index is 1.27. The summed E-state index contributed by atoms with van der Waals surface area (Å²) in [6, 6.07) is 16.7. The second kappa shape index (κ2) is 7.84. The Morgan fingerprint density at radius 1 is 1.06 bits per heavy atom. The van der Waals surface area contributed by atoms with Gasteiger partial charge in [-0.25, -0.2) is 0 Å². The molecule has 4 heterocycles. The zero-order valence-corrected chi connectivity index (χ0v) is 16.4. The summed E-state index contributed by atoms with van der Waals surface area (Å²) < 4.78 is 16.4. The number of carbonyl (C=O) groups excluding carboxylic acids is 1. The molecule has 154 valence electrons. The molecule has 1 saturated heterocycles.